The minimum atomic E-state index is -1.53. The maximum Gasteiger partial charge on any atom is 0.358 e. The van der Waals surface area contributed by atoms with Gasteiger partial charge in [-0.1, -0.05) is 72.8 Å². The van der Waals surface area contributed by atoms with Crippen molar-refractivity contribution in [3.05, 3.63) is 112 Å². The fourth-order valence-corrected chi connectivity index (χ4v) is 3.61. The minimum absolute atomic E-state index is 0.0551. The lowest BCUT2D eigenvalue weighted by Gasteiger charge is -2.20. The lowest BCUT2D eigenvalue weighted by molar-refractivity contribution is 0.0686. The average molecular weight is 470 g/mol. The van der Waals surface area contributed by atoms with Crippen LogP contribution in [0.5, 0.6) is 5.75 Å². The monoisotopic (exact) mass is 470 g/mol. The lowest BCUT2D eigenvalue weighted by atomic mass is 9.99. The van der Waals surface area contributed by atoms with Crippen molar-refractivity contribution in [3.8, 4) is 17.1 Å². The van der Waals surface area contributed by atoms with Gasteiger partial charge in [0.05, 0.1) is 6.04 Å². The second-order valence-corrected chi connectivity index (χ2v) is 7.75. The largest absolute Gasteiger partial charge is 0.501 e. The number of aromatic amines is 1. The van der Waals surface area contributed by atoms with Gasteiger partial charge in [0, 0.05) is 11.3 Å². The van der Waals surface area contributed by atoms with Gasteiger partial charge in [-0.05, 0) is 29.7 Å². The molecule has 5 N–H and O–H groups in total. The Kier molecular flexibility index (Phi) is 6.87. The van der Waals surface area contributed by atoms with Crippen LogP contribution in [0.25, 0.3) is 11.4 Å². The van der Waals surface area contributed by atoms with Crippen molar-refractivity contribution in [2.75, 3.05) is 5.32 Å². The van der Waals surface area contributed by atoms with E-state index in [1.807, 2.05) is 60.7 Å². The molecule has 2 amide bonds. The summed E-state index contributed by atoms with van der Waals surface area (Å²) in [5.41, 5.74) is 1.04. The highest BCUT2D eigenvalue weighted by Crippen LogP contribution is 2.22. The molecule has 4 aromatic rings. The molecule has 1 unspecified atom stereocenters. The molecule has 0 saturated carbocycles. The van der Waals surface area contributed by atoms with Crippen LogP contribution in [0.2, 0.25) is 0 Å². The molecular formula is C26H22N4O5. The van der Waals surface area contributed by atoms with Gasteiger partial charge >= 0.3 is 12.0 Å². The molecule has 1 aromatic heterocycles. The maximum atomic E-state index is 12.9. The van der Waals surface area contributed by atoms with Crippen LogP contribution in [-0.4, -0.2) is 32.2 Å². The number of aromatic nitrogens is 2. The lowest BCUT2D eigenvalue weighted by Crippen LogP contribution is -2.33. The maximum absolute atomic E-state index is 12.9. The van der Waals surface area contributed by atoms with Gasteiger partial charge in [-0.15, -0.1) is 0 Å². The molecule has 35 heavy (non-hydrogen) atoms. The van der Waals surface area contributed by atoms with E-state index < -0.39 is 29.0 Å². The summed E-state index contributed by atoms with van der Waals surface area (Å²) in [6.07, 6.45) is 0.592. The number of carbonyl (C=O) groups is 2. The van der Waals surface area contributed by atoms with Crippen molar-refractivity contribution < 1.29 is 19.8 Å². The number of nitrogens with zero attached hydrogens (tertiary/aromatic N) is 1. The van der Waals surface area contributed by atoms with Gasteiger partial charge in [0.25, 0.3) is 5.56 Å². The summed E-state index contributed by atoms with van der Waals surface area (Å²) >= 11 is 0. The van der Waals surface area contributed by atoms with Crippen LogP contribution in [0.3, 0.4) is 0 Å². The van der Waals surface area contributed by atoms with Gasteiger partial charge in [-0.2, -0.15) is 0 Å². The third-order valence-corrected chi connectivity index (χ3v) is 5.28. The van der Waals surface area contributed by atoms with Crippen LogP contribution in [-0.2, 0) is 6.42 Å². The Bertz CT molecular complexity index is 1400. The molecule has 0 radical (unpaired) electrons. The third-order valence-electron chi connectivity index (χ3n) is 5.28. The molecule has 9 nitrogen and oxygen atoms in total. The topological polar surface area (TPSA) is 144 Å². The highest BCUT2D eigenvalue weighted by atomic mass is 16.4. The third kappa shape index (κ3) is 5.72. The fraction of sp³-hybridized carbons (Fsp3) is 0.0769. The highest BCUT2D eigenvalue weighted by Gasteiger charge is 2.18. The first kappa shape index (κ1) is 23.2. The fourth-order valence-electron chi connectivity index (χ4n) is 3.61. The molecule has 176 valence electrons. The molecule has 0 fully saturated rings. The Morgan fingerprint density at radius 2 is 1.63 bits per heavy atom. The van der Waals surface area contributed by atoms with Crippen LogP contribution in [0.15, 0.2) is 89.7 Å². The van der Waals surface area contributed by atoms with Crippen molar-refractivity contribution in [1.29, 1.82) is 0 Å². The molecule has 0 aliphatic rings. The van der Waals surface area contributed by atoms with Crippen molar-refractivity contribution in [3.63, 3.8) is 0 Å². The number of hydrogen-bond donors (Lipinski definition) is 5. The predicted octanol–water partition coefficient (Wildman–Crippen LogP) is 3.95. The number of carbonyl (C=O) groups excluding carboxylic acids is 1. The van der Waals surface area contributed by atoms with Crippen LogP contribution in [0, 0.1) is 0 Å². The number of amides is 2. The smallest absolute Gasteiger partial charge is 0.358 e. The molecule has 0 spiro atoms. The average Bonchev–Trinajstić information content (AvgIpc) is 2.86. The Morgan fingerprint density at radius 1 is 0.943 bits per heavy atom. The van der Waals surface area contributed by atoms with E-state index >= 15 is 0 Å². The highest BCUT2D eigenvalue weighted by molar-refractivity contribution is 5.91. The van der Waals surface area contributed by atoms with Gasteiger partial charge in [0.1, 0.15) is 5.82 Å². The summed E-state index contributed by atoms with van der Waals surface area (Å²) in [4.78, 5) is 42.2. The number of aromatic carboxylic acids is 1. The van der Waals surface area contributed by atoms with Crippen molar-refractivity contribution >= 4 is 17.7 Å². The summed E-state index contributed by atoms with van der Waals surface area (Å²) in [6, 6.07) is 25.1. The molecule has 1 atom stereocenters. The van der Waals surface area contributed by atoms with E-state index in [0.717, 1.165) is 11.1 Å². The van der Waals surface area contributed by atoms with Gasteiger partial charge in [-0.25, -0.2) is 14.6 Å². The van der Waals surface area contributed by atoms with E-state index in [2.05, 4.69) is 20.6 Å². The zero-order valence-electron chi connectivity index (χ0n) is 18.4. The SMILES string of the molecule is O=C(Nc1cccc(-c2nc(C(=O)O)c(O)c(=O)[nH]2)c1)NC(Cc1ccccc1)c1ccccc1. The Hall–Kier alpha value is -4.92. The number of nitrogens with one attached hydrogen (secondary N) is 3. The van der Waals surface area contributed by atoms with E-state index in [1.165, 1.54) is 6.07 Å². The number of benzene rings is 3. The Balaban J connectivity index is 1.54. The number of rotatable bonds is 7. The zero-order chi connectivity index (χ0) is 24.8. The standard InChI is InChI=1S/C26H22N4O5/c31-22-21(25(33)34)29-23(30-24(22)32)18-12-7-13-19(15-18)27-26(35)28-20(17-10-5-2-6-11-17)14-16-8-3-1-4-9-16/h1-13,15,20,31H,14H2,(H,33,34)(H2,27,28,35)(H,29,30,32). The molecule has 9 heteroatoms. The normalized spacial score (nSPS) is 11.4. The van der Waals surface area contributed by atoms with Crippen LogP contribution in [0.4, 0.5) is 10.5 Å². The number of H-pyrrole nitrogens is 1. The molecule has 0 aliphatic carbocycles. The molecule has 0 bridgehead atoms. The second-order valence-electron chi connectivity index (χ2n) is 7.75. The van der Waals surface area contributed by atoms with Crippen LogP contribution in [0.1, 0.15) is 27.7 Å². The van der Waals surface area contributed by atoms with Gasteiger partial charge in [-0.3, -0.25) is 4.79 Å². The van der Waals surface area contributed by atoms with Crippen LogP contribution >= 0.6 is 0 Å². The van der Waals surface area contributed by atoms with Gasteiger partial charge in [0.2, 0.25) is 5.75 Å². The summed E-state index contributed by atoms with van der Waals surface area (Å²) < 4.78 is 0. The predicted molar refractivity (Wildman–Crippen MR) is 130 cm³/mol. The second kappa shape index (κ2) is 10.3. The molecule has 4 rings (SSSR count). The molecular weight excluding hydrogens is 448 g/mol. The Labute approximate surface area is 200 Å². The van der Waals surface area contributed by atoms with E-state index in [0.29, 0.717) is 17.7 Å². The van der Waals surface area contributed by atoms with Crippen molar-refractivity contribution in [2.45, 2.75) is 12.5 Å². The van der Waals surface area contributed by atoms with Gasteiger partial charge < -0.3 is 25.8 Å². The number of hydrogen-bond acceptors (Lipinski definition) is 5. The Morgan fingerprint density at radius 3 is 2.31 bits per heavy atom. The summed E-state index contributed by atoms with van der Waals surface area (Å²) in [7, 11) is 0. The first-order chi connectivity index (χ1) is 16.9. The quantitative estimate of drug-likeness (QED) is 0.277. The van der Waals surface area contributed by atoms with E-state index in [-0.39, 0.29) is 11.9 Å². The number of carboxylic acid groups (broad SMARTS) is 1. The first-order valence-electron chi connectivity index (χ1n) is 10.7. The zero-order valence-corrected chi connectivity index (χ0v) is 18.4. The first-order valence-corrected chi connectivity index (χ1v) is 10.7. The minimum Gasteiger partial charge on any atom is -0.501 e. The van der Waals surface area contributed by atoms with Crippen molar-refractivity contribution in [2.24, 2.45) is 0 Å². The molecule has 1 heterocycles. The molecule has 0 saturated heterocycles. The number of carboxylic acids is 1. The summed E-state index contributed by atoms with van der Waals surface area (Å²) in [6.45, 7) is 0. The number of urea groups is 1. The summed E-state index contributed by atoms with van der Waals surface area (Å²) in [5.74, 6) is -2.56. The molecule has 3 aromatic carbocycles. The van der Waals surface area contributed by atoms with Gasteiger partial charge in [0.15, 0.2) is 5.69 Å². The van der Waals surface area contributed by atoms with E-state index in [1.54, 1.807) is 18.2 Å². The van der Waals surface area contributed by atoms with Crippen LogP contribution < -0.4 is 16.2 Å². The van der Waals surface area contributed by atoms with E-state index in [9.17, 15) is 24.6 Å². The number of anilines is 1. The molecule has 0 aliphatic heterocycles. The van der Waals surface area contributed by atoms with E-state index in [4.69, 9.17) is 0 Å². The number of aromatic hydroxyl groups is 1. The summed E-state index contributed by atoms with van der Waals surface area (Å²) in [5, 5.41) is 24.6. The van der Waals surface area contributed by atoms with Crippen molar-refractivity contribution in [1.82, 2.24) is 15.3 Å².